The maximum Gasteiger partial charge on any atom is 0.151 e. The Bertz CT molecular complexity index is 652. The number of hydrogen-bond acceptors (Lipinski definition) is 6. The Hall–Kier alpha value is -1.53. The Morgan fingerprint density at radius 3 is 2.52 bits per heavy atom. The number of rotatable bonds is 4. The summed E-state index contributed by atoms with van der Waals surface area (Å²) in [6, 6.07) is 4.74. The molecule has 2 aromatic heterocycles. The largest absolute Gasteiger partial charge is 0.352 e. The van der Waals surface area contributed by atoms with Gasteiger partial charge in [-0.15, -0.1) is 16.4 Å². The Morgan fingerprint density at radius 1 is 1.26 bits per heavy atom. The molecule has 124 valence electrons. The molecule has 1 fully saturated rings. The average Bonchev–Trinajstić information content (AvgIpc) is 2.82. The summed E-state index contributed by atoms with van der Waals surface area (Å²) in [7, 11) is 2.17. The summed E-state index contributed by atoms with van der Waals surface area (Å²) in [6.45, 7) is 11.4. The van der Waals surface area contributed by atoms with E-state index in [1.54, 1.807) is 11.3 Å². The smallest absolute Gasteiger partial charge is 0.151 e. The summed E-state index contributed by atoms with van der Waals surface area (Å²) in [5, 5.41) is 12.1. The van der Waals surface area contributed by atoms with Crippen molar-refractivity contribution >= 4 is 17.2 Å². The van der Waals surface area contributed by atoms with Gasteiger partial charge in [-0.25, -0.2) is 4.98 Å². The first-order valence-electron chi connectivity index (χ1n) is 8.03. The van der Waals surface area contributed by atoms with Gasteiger partial charge in [-0.3, -0.25) is 4.90 Å². The number of nitrogens with zero attached hydrogens (tertiary/aromatic N) is 5. The first-order chi connectivity index (χ1) is 10.8. The molecule has 23 heavy (non-hydrogen) atoms. The predicted molar refractivity (Wildman–Crippen MR) is 95.1 cm³/mol. The highest BCUT2D eigenvalue weighted by molar-refractivity contribution is 7.09. The molecule has 0 unspecified atom stereocenters. The Labute approximate surface area is 142 Å². The molecule has 6 heteroatoms. The van der Waals surface area contributed by atoms with Crippen molar-refractivity contribution in [3.8, 4) is 0 Å². The van der Waals surface area contributed by atoms with Crippen LogP contribution in [0.15, 0.2) is 17.5 Å². The minimum absolute atomic E-state index is 0.0505. The van der Waals surface area contributed by atoms with Crippen molar-refractivity contribution in [1.29, 1.82) is 0 Å². The maximum atomic E-state index is 4.54. The highest BCUT2D eigenvalue weighted by atomic mass is 32.1. The zero-order chi connectivity index (χ0) is 16.6. The summed E-state index contributed by atoms with van der Waals surface area (Å²) >= 11 is 1.72. The summed E-state index contributed by atoms with van der Waals surface area (Å²) in [5.74, 6) is 0.979. The average molecular weight is 331 g/mol. The van der Waals surface area contributed by atoms with E-state index >= 15 is 0 Å². The molecule has 0 atom stereocenters. The highest BCUT2D eigenvalue weighted by Crippen LogP contribution is 2.24. The molecule has 5 nitrogen and oxygen atoms in total. The van der Waals surface area contributed by atoms with Crippen molar-refractivity contribution in [3.05, 3.63) is 33.9 Å². The van der Waals surface area contributed by atoms with Crippen LogP contribution in [0.1, 0.15) is 37.2 Å². The molecule has 0 saturated carbocycles. The molecule has 1 aliphatic heterocycles. The topological polar surface area (TPSA) is 45.2 Å². The number of hydrogen-bond donors (Lipinski definition) is 0. The fraction of sp³-hybridized carbons (Fsp3) is 0.588. The van der Waals surface area contributed by atoms with E-state index in [9.17, 15) is 0 Å². The van der Waals surface area contributed by atoms with Crippen LogP contribution in [0.5, 0.6) is 0 Å². The second-order valence-electron chi connectivity index (χ2n) is 7.36. The van der Waals surface area contributed by atoms with Crippen molar-refractivity contribution in [2.75, 3.05) is 25.0 Å². The van der Waals surface area contributed by atoms with E-state index in [0.717, 1.165) is 36.2 Å². The van der Waals surface area contributed by atoms with E-state index in [1.165, 1.54) is 5.69 Å². The number of thiazole rings is 1. The Kier molecular flexibility index (Phi) is 4.38. The molecular formula is C17H25N5S. The van der Waals surface area contributed by atoms with Gasteiger partial charge < -0.3 is 4.90 Å². The zero-order valence-corrected chi connectivity index (χ0v) is 15.4. The lowest BCUT2D eigenvalue weighted by molar-refractivity contribution is 0.195. The van der Waals surface area contributed by atoms with Gasteiger partial charge in [0.25, 0.3) is 0 Å². The number of aromatic nitrogens is 3. The normalized spacial score (nSPS) is 16.0. The third-order valence-electron chi connectivity index (χ3n) is 4.31. The predicted octanol–water partition coefficient (Wildman–Crippen LogP) is 2.86. The van der Waals surface area contributed by atoms with Crippen molar-refractivity contribution < 1.29 is 0 Å². The van der Waals surface area contributed by atoms with Crippen LogP contribution in [0.2, 0.25) is 0 Å². The van der Waals surface area contributed by atoms with E-state index in [2.05, 4.69) is 77.2 Å². The minimum atomic E-state index is 0.0505. The van der Waals surface area contributed by atoms with Crippen LogP contribution in [0.3, 0.4) is 0 Å². The van der Waals surface area contributed by atoms with Crippen LogP contribution >= 0.6 is 11.3 Å². The zero-order valence-electron chi connectivity index (χ0n) is 14.6. The monoisotopic (exact) mass is 331 g/mol. The molecule has 1 aliphatic rings. The molecule has 3 heterocycles. The molecule has 3 rings (SSSR count). The van der Waals surface area contributed by atoms with E-state index < -0.39 is 0 Å². The number of aryl methyl sites for hydroxylation is 1. The lowest BCUT2D eigenvalue weighted by Gasteiger charge is -2.44. The minimum Gasteiger partial charge on any atom is -0.352 e. The molecule has 0 aliphatic carbocycles. The van der Waals surface area contributed by atoms with E-state index in [0.29, 0.717) is 6.04 Å². The fourth-order valence-electron chi connectivity index (χ4n) is 2.68. The van der Waals surface area contributed by atoms with Gasteiger partial charge in [-0.05, 0) is 26.1 Å². The quantitative estimate of drug-likeness (QED) is 0.862. The molecule has 1 saturated heterocycles. The molecule has 0 spiro atoms. The molecule has 0 N–H and O–H groups in total. The van der Waals surface area contributed by atoms with Gasteiger partial charge in [0.1, 0.15) is 0 Å². The first kappa shape index (κ1) is 16.3. The maximum absolute atomic E-state index is 4.54. The van der Waals surface area contributed by atoms with Gasteiger partial charge in [0.2, 0.25) is 0 Å². The molecule has 2 aromatic rings. The Balaban J connectivity index is 1.54. The third-order valence-corrected chi connectivity index (χ3v) is 5.13. The van der Waals surface area contributed by atoms with Crippen molar-refractivity contribution in [2.45, 2.75) is 45.7 Å². The summed E-state index contributed by atoms with van der Waals surface area (Å²) < 4.78 is 0. The van der Waals surface area contributed by atoms with Gasteiger partial charge in [-0.1, -0.05) is 20.8 Å². The molecular weight excluding hydrogens is 306 g/mol. The van der Waals surface area contributed by atoms with Gasteiger partial charge >= 0.3 is 0 Å². The second kappa shape index (κ2) is 6.17. The van der Waals surface area contributed by atoms with E-state index in [-0.39, 0.29) is 5.41 Å². The number of likely N-dealkylation sites (N-methyl/N-ethyl adjacent to an activating group) is 1. The fourth-order valence-corrected chi connectivity index (χ4v) is 3.28. The van der Waals surface area contributed by atoms with E-state index in [1.807, 2.05) is 0 Å². The molecule has 0 amide bonds. The summed E-state index contributed by atoms with van der Waals surface area (Å²) in [6.07, 6.45) is 0. The van der Waals surface area contributed by atoms with Crippen LogP contribution < -0.4 is 4.90 Å². The van der Waals surface area contributed by atoms with Crippen molar-refractivity contribution in [2.24, 2.45) is 0 Å². The van der Waals surface area contributed by atoms with Crippen LogP contribution in [-0.2, 0) is 12.0 Å². The molecule has 0 aromatic carbocycles. The molecule has 0 bridgehead atoms. The van der Waals surface area contributed by atoms with Crippen LogP contribution in [0.25, 0.3) is 0 Å². The van der Waals surface area contributed by atoms with Crippen molar-refractivity contribution in [3.63, 3.8) is 0 Å². The summed E-state index contributed by atoms with van der Waals surface area (Å²) in [5.41, 5.74) is 2.26. The highest BCUT2D eigenvalue weighted by Gasteiger charge is 2.31. The van der Waals surface area contributed by atoms with Gasteiger partial charge in [-0.2, -0.15) is 5.10 Å². The SMILES string of the molecule is Cc1nc(CN(C)C2CN(c3ccc(C(C)(C)C)nn3)C2)cs1. The van der Waals surface area contributed by atoms with Gasteiger partial charge in [0.15, 0.2) is 5.82 Å². The van der Waals surface area contributed by atoms with Crippen molar-refractivity contribution in [1.82, 2.24) is 20.1 Å². The van der Waals surface area contributed by atoms with Crippen LogP contribution in [0, 0.1) is 6.92 Å². The lowest BCUT2D eigenvalue weighted by Crippen LogP contribution is -2.58. The summed E-state index contributed by atoms with van der Waals surface area (Å²) in [4.78, 5) is 9.20. The first-order valence-corrected chi connectivity index (χ1v) is 8.91. The number of anilines is 1. The van der Waals surface area contributed by atoms with Crippen LogP contribution in [0.4, 0.5) is 5.82 Å². The standard InChI is InChI=1S/C17H25N5S/c1-12-18-13(11-23-12)8-21(5)14-9-22(10-14)16-7-6-15(19-20-16)17(2,3)4/h6-7,11,14H,8-10H2,1-5H3. The van der Waals surface area contributed by atoms with Crippen LogP contribution in [-0.4, -0.2) is 46.3 Å². The Morgan fingerprint density at radius 2 is 2.00 bits per heavy atom. The van der Waals surface area contributed by atoms with Gasteiger partial charge in [0, 0.05) is 36.5 Å². The second-order valence-corrected chi connectivity index (χ2v) is 8.42. The lowest BCUT2D eigenvalue weighted by atomic mass is 9.92. The van der Waals surface area contributed by atoms with E-state index in [4.69, 9.17) is 0 Å². The molecule has 0 radical (unpaired) electrons. The third kappa shape index (κ3) is 3.70. The van der Waals surface area contributed by atoms with Gasteiger partial charge in [0.05, 0.1) is 16.4 Å².